The normalized spacial score (nSPS) is 9.57. The van der Waals surface area contributed by atoms with Gasteiger partial charge in [0.05, 0.1) is 5.69 Å². The Balaban J connectivity index is 2.98. The fourth-order valence-corrected chi connectivity index (χ4v) is 1.90. The van der Waals surface area contributed by atoms with Crippen LogP contribution in [0.15, 0.2) is 35.3 Å². The van der Waals surface area contributed by atoms with Crippen LogP contribution >= 0.6 is 15.9 Å². The summed E-state index contributed by atoms with van der Waals surface area (Å²) >= 11 is 3.42. The number of anilines is 1. The maximum absolute atomic E-state index is 10.5. The third-order valence-corrected chi connectivity index (χ3v) is 2.56. The summed E-state index contributed by atoms with van der Waals surface area (Å²) in [5.74, 6) is 0. The molecule has 0 aromatic heterocycles. The maximum atomic E-state index is 10.5. The molecule has 0 heterocycles. The van der Waals surface area contributed by atoms with Gasteiger partial charge in [-0.2, -0.15) is 0 Å². The number of aldehydes is 1. The largest absolute Gasteiger partial charge is 0.370 e. The Labute approximate surface area is 92.4 Å². The third-order valence-electron chi connectivity index (χ3n) is 1.92. The Morgan fingerprint density at radius 1 is 1.57 bits per heavy atom. The van der Waals surface area contributed by atoms with Crippen LogP contribution in [0, 0.1) is 0 Å². The Kier molecular flexibility index (Phi) is 3.89. The number of benzene rings is 1. The quantitative estimate of drug-likeness (QED) is 0.608. The minimum atomic E-state index is 0.674. The molecule has 2 nitrogen and oxygen atoms in total. The number of halogens is 1. The molecular weight excluding hydrogens is 242 g/mol. The lowest BCUT2D eigenvalue weighted by Gasteiger charge is -2.18. The van der Waals surface area contributed by atoms with Crippen molar-refractivity contribution in [3.05, 3.63) is 40.9 Å². The van der Waals surface area contributed by atoms with Crippen molar-refractivity contribution < 1.29 is 4.79 Å². The molecule has 0 N–H and O–H groups in total. The van der Waals surface area contributed by atoms with Crippen LogP contribution in [-0.4, -0.2) is 19.9 Å². The highest BCUT2D eigenvalue weighted by Gasteiger charge is 2.04. The van der Waals surface area contributed by atoms with Gasteiger partial charge in [0.15, 0.2) is 0 Å². The van der Waals surface area contributed by atoms with Gasteiger partial charge < -0.3 is 4.90 Å². The third kappa shape index (κ3) is 2.45. The Morgan fingerprint density at radius 2 is 2.29 bits per heavy atom. The van der Waals surface area contributed by atoms with E-state index in [0.717, 1.165) is 23.0 Å². The van der Waals surface area contributed by atoms with E-state index in [1.807, 2.05) is 30.2 Å². The van der Waals surface area contributed by atoms with Gasteiger partial charge >= 0.3 is 0 Å². The summed E-state index contributed by atoms with van der Waals surface area (Å²) in [6.45, 7) is 4.45. The highest BCUT2D eigenvalue weighted by atomic mass is 79.9. The van der Waals surface area contributed by atoms with E-state index < -0.39 is 0 Å². The molecule has 0 fully saturated rings. The molecule has 1 aromatic carbocycles. The van der Waals surface area contributed by atoms with Crippen molar-refractivity contribution in [1.29, 1.82) is 0 Å². The first-order valence-corrected chi connectivity index (χ1v) is 5.05. The topological polar surface area (TPSA) is 20.3 Å². The molecule has 1 aromatic rings. The van der Waals surface area contributed by atoms with E-state index in [1.165, 1.54) is 0 Å². The molecule has 0 aliphatic rings. The van der Waals surface area contributed by atoms with E-state index in [-0.39, 0.29) is 0 Å². The first kappa shape index (κ1) is 11.0. The summed E-state index contributed by atoms with van der Waals surface area (Å²) < 4.78 is 0.923. The molecule has 0 saturated heterocycles. The second-order valence-electron chi connectivity index (χ2n) is 3.00. The zero-order valence-corrected chi connectivity index (χ0v) is 9.62. The average molecular weight is 254 g/mol. The average Bonchev–Trinajstić information content (AvgIpc) is 2.17. The molecule has 0 unspecified atom stereocenters. The highest BCUT2D eigenvalue weighted by molar-refractivity contribution is 9.10. The SMILES string of the molecule is C=CCN(C)c1ccc(C=O)cc1Br. The summed E-state index contributed by atoms with van der Waals surface area (Å²) in [5, 5.41) is 0. The van der Waals surface area contributed by atoms with Gasteiger partial charge in [-0.25, -0.2) is 0 Å². The number of rotatable bonds is 4. The molecule has 74 valence electrons. The van der Waals surface area contributed by atoms with Crippen LogP contribution < -0.4 is 4.90 Å². The second kappa shape index (κ2) is 4.96. The zero-order valence-electron chi connectivity index (χ0n) is 8.03. The predicted octanol–water partition coefficient (Wildman–Crippen LogP) is 2.88. The molecule has 0 spiro atoms. The number of hydrogen-bond donors (Lipinski definition) is 0. The van der Waals surface area contributed by atoms with E-state index in [0.29, 0.717) is 5.56 Å². The lowest BCUT2D eigenvalue weighted by molar-refractivity contribution is 0.112. The van der Waals surface area contributed by atoms with Crippen molar-refractivity contribution in [2.24, 2.45) is 0 Å². The summed E-state index contributed by atoms with van der Waals surface area (Å²) in [6, 6.07) is 5.52. The standard InChI is InChI=1S/C11H12BrNO/c1-3-6-13(2)11-5-4-9(8-14)7-10(11)12/h3-5,7-8H,1,6H2,2H3. The van der Waals surface area contributed by atoms with E-state index in [1.54, 1.807) is 6.07 Å². The fraction of sp³-hybridized carbons (Fsp3) is 0.182. The summed E-state index contributed by atoms with van der Waals surface area (Å²) in [6.07, 6.45) is 2.67. The van der Waals surface area contributed by atoms with Crippen LogP contribution in [-0.2, 0) is 0 Å². The molecular formula is C11H12BrNO. The molecule has 1 rings (SSSR count). The lowest BCUT2D eigenvalue weighted by atomic mass is 10.2. The van der Waals surface area contributed by atoms with Crippen LogP contribution in [0.3, 0.4) is 0 Å². The maximum Gasteiger partial charge on any atom is 0.150 e. The minimum Gasteiger partial charge on any atom is -0.370 e. The van der Waals surface area contributed by atoms with Crippen LogP contribution in [0.4, 0.5) is 5.69 Å². The number of carbonyl (C=O) groups excluding carboxylic acids is 1. The molecule has 0 radical (unpaired) electrons. The van der Waals surface area contributed by atoms with Crippen molar-refractivity contribution in [2.45, 2.75) is 0 Å². The van der Waals surface area contributed by atoms with E-state index in [4.69, 9.17) is 0 Å². The summed E-state index contributed by atoms with van der Waals surface area (Å²) in [5.41, 5.74) is 1.73. The Morgan fingerprint density at radius 3 is 2.79 bits per heavy atom. The first-order valence-electron chi connectivity index (χ1n) is 4.25. The van der Waals surface area contributed by atoms with Crippen molar-refractivity contribution in [3.8, 4) is 0 Å². The molecule has 0 atom stereocenters. The lowest BCUT2D eigenvalue weighted by Crippen LogP contribution is -2.16. The number of carbonyl (C=O) groups is 1. The number of likely N-dealkylation sites (N-methyl/N-ethyl adjacent to an activating group) is 1. The monoisotopic (exact) mass is 253 g/mol. The van der Waals surface area contributed by atoms with E-state index >= 15 is 0 Å². The van der Waals surface area contributed by atoms with Crippen LogP contribution in [0.25, 0.3) is 0 Å². The predicted molar refractivity (Wildman–Crippen MR) is 63.0 cm³/mol. The van der Waals surface area contributed by atoms with Crippen LogP contribution in [0.2, 0.25) is 0 Å². The molecule has 0 amide bonds. The number of nitrogens with zero attached hydrogens (tertiary/aromatic N) is 1. The van der Waals surface area contributed by atoms with Gasteiger partial charge in [0.25, 0.3) is 0 Å². The van der Waals surface area contributed by atoms with Gasteiger partial charge in [0, 0.05) is 23.6 Å². The molecule has 0 bridgehead atoms. The van der Waals surface area contributed by atoms with E-state index in [2.05, 4.69) is 22.5 Å². The van der Waals surface area contributed by atoms with Gasteiger partial charge in [-0.1, -0.05) is 6.08 Å². The minimum absolute atomic E-state index is 0.674. The van der Waals surface area contributed by atoms with Crippen molar-refractivity contribution >= 4 is 27.9 Å². The summed E-state index contributed by atoms with van der Waals surface area (Å²) in [7, 11) is 1.97. The van der Waals surface area contributed by atoms with Gasteiger partial charge in [0.1, 0.15) is 6.29 Å². The molecule has 0 aliphatic heterocycles. The van der Waals surface area contributed by atoms with Gasteiger partial charge in [-0.3, -0.25) is 4.79 Å². The van der Waals surface area contributed by atoms with Gasteiger partial charge in [-0.05, 0) is 34.1 Å². The van der Waals surface area contributed by atoms with E-state index in [9.17, 15) is 4.79 Å². The van der Waals surface area contributed by atoms with Gasteiger partial charge in [0.2, 0.25) is 0 Å². The molecule has 3 heteroatoms. The van der Waals surface area contributed by atoms with Crippen molar-refractivity contribution in [2.75, 3.05) is 18.5 Å². The smallest absolute Gasteiger partial charge is 0.150 e. The Hall–Kier alpha value is -1.09. The molecule has 0 saturated carbocycles. The fourth-order valence-electron chi connectivity index (χ4n) is 1.20. The van der Waals surface area contributed by atoms with Crippen molar-refractivity contribution in [3.63, 3.8) is 0 Å². The van der Waals surface area contributed by atoms with Crippen molar-refractivity contribution in [1.82, 2.24) is 0 Å². The second-order valence-corrected chi connectivity index (χ2v) is 3.85. The summed E-state index contributed by atoms with van der Waals surface area (Å²) in [4.78, 5) is 12.6. The zero-order chi connectivity index (χ0) is 10.6. The molecule has 14 heavy (non-hydrogen) atoms. The molecule has 0 aliphatic carbocycles. The first-order chi connectivity index (χ1) is 6.69. The Bertz CT molecular complexity index is 349. The van der Waals surface area contributed by atoms with Crippen LogP contribution in [0.1, 0.15) is 10.4 Å². The van der Waals surface area contributed by atoms with Gasteiger partial charge in [-0.15, -0.1) is 6.58 Å². The van der Waals surface area contributed by atoms with Crippen LogP contribution in [0.5, 0.6) is 0 Å². The highest BCUT2D eigenvalue weighted by Crippen LogP contribution is 2.25. The number of hydrogen-bond acceptors (Lipinski definition) is 2.